The summed E-state index contributed by atoms with van der Waals surface area (Å²) < 4.78 is 2.10. The van der Waals surface area contributed by atoms with Crippen LogP contribution in [0.15, 0.2) is 12.3 Å². The quantitative estimate of drug-likeness (QED) is 0.688. The van der Waals surface area contributed by atoms with Gasteiger partial charge in [-0.05, 0) is 30.7 Å². The van der Waals surface area contributed by atoms with Gasteiger partial charge in [-0.3, -0.25) is 4.68 Å². The van der Waals surface area contributed by atoms with Crippen LogP contribution in [0.2, 0.25) is 0 Å². The molecule has 92 valence electrons. The van der Waals surface area contributed by atoms with Gasteiger partial charge in [-0.25, -0.2) is 0 Å². The number of halogens is 1. The Morgan fingerprint density at radius 2 is 2.00 bits per heavy atom. The maximum atomic E-state index is 5.93. The van der Waals surface area contributed by atoms with Crippen molar-refractivity contribution in [3.63, 3.8) is 0 Å². The fourth-order valence-corrected chi connectivity index (χ4v) is 1.97. The van der Waals surface area contributed by atoms with E-state index in [2.05, 4.69) is 49.7 Å². The molecule has 0 N–H and O–H groups in total. The zero-order chi connectivity index (χ0) is 12.2. The molecule has 0 aromatic carbocycles. The summed E-state index contributed by atoms with van der Waals surface area (Å²) in [5.41, 5.74) is 1.28. The van der Waals surface area contributed by atoms with Gasteiger partial charge in [0.15, 0.2) is 0 Å². The highest BCUT2D eigenvalue weighted by atomic mass is 35.5. The molecule has 0 atom stereocenters. The highest BCUT2D eigenvalue weighted by Crippen LogP contribution is 2.23. The van der Waals surface area contributed by atoms with Gasteiger partial charge >= 0.3 is 0 Å². The molecule has 0 amide bonds. The summed E-state index contributed by atoms with van der Waals surface area (Å²) in [5, 5.41) is 4.64. The van der Waals surface area contributed by atoms with Crippen LogP contribution in [0.4, 0.5) is 0 Å². The van der Waals surface area contributed by atoms with Crippen molar-refractivity contribution in [1.82, 2.24) is 9.78 Å². The molecule has 0 unspecified atom stereocenters. The Morgan fingerprint density at radius 1 is 1.38 bits per heavy atom. The lowest BCUT2D eigenvalue weighted by Crippen LogP contribution is -2.17. The minimum absolute atomic E-state index is 0.134. The molecule has 0 saturated carbocycles. The summed E-state index contributed by atoms with van der Waals surface area (Å²) in [5.74, 6) is 0.671. The van der Waals surface area contributed by atoms with E-state index in [-0.39, 0.29) is 5.41 Å². The van der Waals surface area contributed by atoms with Crippen molar-refractivity contribution in [1.29, 1.82) is 0 Å². The van der Waals surface area contributed by atoms with Crippen molar-refractivity contribution in [2.24, 2.45) is 5.41 Å². The fraction of sp³-hybridized carbons (Fsp3) is 0.769. The minimum Gasteiger partial charge on any atom is -0.269 e. The molecule has 16 heavy (non-hydrogen) atoms. The molecule has 0 radical (unpaired) electrons. The Hall–Kier alpha value is -0.500. The number of nitrogens with zero attached hydrogens (tertiary/aromatic N) is 2. The average molecular weight is 243 g/mol. The summed E-state index contributed by atoms with van der Waals surface area (Å²) in [6.45, 7) is 8.77. The molecule has 0 aliphatic carbocycles. The molecule has 0 aliphatic rings. The molecule has 3 heteroatoms. The summed E-state index contributed by atoms with van der Waals surface area (Å²) in [6, 6.07) is 2.65. The number of aromatic nitrogens is 2. The smallest absolute Gasteiger partial charge is 0.0630 e. The van der Waals surface area contributed by atoms with Crippen molar-refractivity contribution < 1.29 is 0 Å². The normalized spacial score (nSPS) is 12.4. The second kappa shape index (κ2) is 5.72. The Kier molecular flexibility index (Phi) is 4.85. The van der Waals surface area contributed by atoms with E-state index in [4.69, 9.17) is 11.6 Å². The molecule has 0 saturated heterocycles. The highest BCUT2D eigenvalue weighted by Gasteiger charge is 2.19. The third-order valence-corrected chi connectivity index (χ3v) is 3.73. The summed E-state index contributed by atoms with van der Waals surface area (Å²) in [7, 11) is 0. The highest BCUT2D eigenvalue weighted by molar-refractivity contribution is 6.18. The lowest BCUT2D eigenvalue weighted by atomic mass is 9.90. The Morgan fingerprint density at radius 3 is 2.50 bits per heavy atom. The van der Waals surface area contributed by atoms with Gasteiger partial charge in [0.05, 0.1) is 11.7 Å². The molecule has 2 nitrogen and oxygen atoms in total. The SMILES string of the molecule is CCC(CC)n1ccc(CC(C)(C)CCl)n1. The number of rotatable bonds is 6. The monoisotopic (exact) mass is 242 g/mol. The van der Waals surface area contributed by atoms with E-state index in [1.165, 1.54) is 0 Å². The fourth-order valence-electron chi connectivity index (χ4n) is 1.88. The van der Waals surface area contributed by atoms with Gasteiger partial charge in [-0.1, -0.05) is 27.7 Å². The van der Waals surface area contributed by atoms with E-state index >= 15 is 0 Å². The van der Waals surface area contributed by atoms with Gasteiger partial charge in [0.1, 0.15) is 0 Å². The maximum absolute atomic E-state index is 5.93. The van der Waals surface area contributed by atoms with Crippen LogP contribution < -0.4 is 0 Å². The molecule has 0 fully saturated rings. The minimum atomic E-state index is 0.134. The predicted octanol–water partition coefficient (Wildman–Crippen LogP) is 4.05. The van der Waals surface area contributed by atoms with Gasteiger partial charge in [0.2, 0.25) is 0 Å². The van der Waals surface area contributed by atoms with Gasteiger partial charge in [0, 0.05) is 12.1 Å². The third kappa shape index (κ3) is 3.51. The first-order valence-corrected chi connectivity index (χ1v) is 6.66. The first-order valence-electron chi connectivity index (χ1n) is 6.12. The molecule has 1 heterocycles. The van der Waals surface area contributed by atoms with Gasteiger partial charge in [-0.15, -0.1) is 11.6 Å². The van der Waals surface area contributed by atoms with E-state index in [1.807, 2.05) is 0 Å². The first kappa shape index (κ1) is 13.6. The van der Waals surface area contributed by atoms with Crippen molar-refractivity contribution in [3.05, 3.63) is 18.0 Å². The largest absolute Gasteiger partial charge is 0.269 e. The second-order valence-corrected chi connectivity index (χ2v) is 5.50. The molecular formula is C13H23ClN2. The topological polar surface area (TPSA) is 17.8 Å². The van der Waals surface area contributed by atoms with E-state index < -0.39 is 0 Å². The summed E-state index contributed by atoms with van der Waals surface area (Å²) in [6.07, 6.45) is 5.31. The van der Waals surface area contributed by atoms with Crippen LogP contribution in [-0.4, -0.2) is 15.7 Å². The van der Waals surface area contributed by atoms with Crippen LogP contribution in [0.3, 0.4) is 0 Å². The zero-order valence-corrected chi connectivity index (χ0v) is 11.6. The molecule has 1 rings (SSSR count). The lowest BCUT2D eigenvalue weighted by molar-refractivity contribution is 0.394. The lowest BCUT2D eigenvalue weighted by Gasteiger charge is -2.19. The second-order valence-electron chi connectivity index (χ2n) is 5.23. The Bertz CT molecular complexity index is 313. The molecule has 0 aliphatic heterocycles. The van der Waals surface area contributed by atoms with Crippen molar-refractivity contribution in [3.8, 4) is 0 Å². The van der Waals surface area contributed by atoms with E-state index in [1.54, 1.807) is 0 Å². The van der Waals surface area contributed by atoms with E-state index in [0.29, 0.717) is 11.9 Å². The number of alkyl halides is 1. The third-order valence-electron chi connectivity index (χ3n) is 3.00. The van der Waals surface area contributed by atoms with Crippen LogP contribution >= 0.6 is 11.6 Å². The molecule has 1 aromatic heterocycles. The number of hydrogen-bond acceptors (Lipinski definition) is 1. The summed E-state index contributed by atoms with van der Waals surface area (Å²) >= 11 is 5.93. The standard InChI is InChI=1S/C13H23ClN2/c1-5-12(6-2)16-8-7-11(15-16)9-13(3,4)10-14/h7-8,12H,5-6,9-10H2,1-4H3. The molecular weight excluding hydrogens is 220 g/mol. The van der Waals surface area contributed by atoms with Gasteiger partial charge < -0.3 is 0 Å². The van der Waals surface area contributed by atoms with Gasteiger partial charge in [-0.2, -0.15) is 5.10 Å². The summed E-state index contributed by atoms with van der Waals surface area (Å²) in [4.78, 5) is 0. The van der Waals surface area contributed by atoms with Crippen molar-refractivity contribution in [2.45, 2.75) is 53.0 Å². The first-order chi connectivity index (χ1) is 7.52. The van der Waals surface area contributed by atoms with Crippen LogP contribution in [0.1, 0.15) is 52.3 Å². The van der Waals surface area contributed by atoms with Crippen molar-refractivity contribution >= 4 is 11.6 Å². The van der Waals surface area contributed by atoms with E-state index in [0.717, 1.165) is 25.0 Å². The molecule has 0 spiro atoms. The molecule has 1 aromatic rings. The Labute approximate surface area is 104 Å². The average Bonchev–Trinajstić information content (AvgIpc) is 2.68. The molecule has 0 bridgehead atoms. The van der Waals surface area contributed by atoms with Crippen LogP contribution in [0.25, 0.3) is 0 Å². The predicted molar refractivity (Wildman–Crippen MR) is 70.1 cm³/mol. The van der Waals surface area contributed by atoms with Crippen LogP contribution in [0.5, 0.6) is 0 Å². The van der Waals surface area contributed by atoms with E-state index in [9.17, 15) is 0 Å². The number of hydrogen-bond donors (Lipinski definition) is 0. The van der Waals surface area contributed by atoms with Crippen LogP contribution in [-0.2, 0) is 6.42 Å². The Balaban J connectivity index is 2.71. The van der Waals surface area contributed by atoms with Crippen molar-refractivity contribution in [2.75, 3.05) is 5.88 Å². The maximum Gasteiger partial charge on any atom is 0.0630 e. The van der Waals surface area contributed by atoms with Crippen LogP contribution in [0, 0.1) is 5.41 Å². The van der Waals surface area contributed by atoms with Gasteiger partial charge in [0.25, 0.3) is 0 Å². The zero-order valence-electron chi connectivity index (χ0n) is 10.8.